The van der Waals surface area contributed by atoms with E-state index in [1.807, 2.05) is 13.8 Å². The average molecular weight is 308 g/mol. The maximum absolute atomic E-state index is 12.5. The number of nitrogens with zero attached hydrogens (tertiary/aromatic N) is 1. The van der Waals surface area contributed by atoms with E-state index in [-0.39, 0.29) is 17.6 Å². The number of fused-ring (bicyclic) bond motifs is 1. The fraction of sp³-hybridized carbons (Fsp3) is 0.438. The van der Waals surface area contributed by atoms with Crippen molar-refractivity contribution < 1.29 is 9.15 Å². The number of morpholine rings is 1. The minimum absolute atomic E-state index is 0.00875. The van der Waals surface area contributed by atoms with Crippen LogP contribution in [0.4, 0.5) is 0 Å². The Hall–Kier alpha value is -1.36. The highest BCUT2D eigenvalue weighted by Gasteiger charge is 2.23. The second-order valence-electron chi connectivity index (χ2n) is 5.68. The van der Waals surface area contributed by atoms with Gasteiger partial charge in [-0.15, -0.1) is 0 Å². The molecule has 0 spiro atoms. The summed E-state index contributed by atoms with van der Waals surface area (Å²) in [5.41, 5.74) is 1.22. The van der Waals surface area contributed by atoms with Gasteiger partial charge in [0, 0.05) is 30.2 Å². The molecule has 3 rings (SSSR count). The van der Waals surface area contributed by atoms with Crippen LogP contribution in [-0.2, 0) is 11.3 Å². The monoisotopic (exact) mass is 307 g/mol. The largest absolute Gasteiger partial charge is 0.464 e. The van der Waals surface area contributed by atoms with Crippen molar-refractivity contribution in [3.63, 3.8) is 0 Å². The zero-order chi connectivity index (χ0) is 15.0. The number of ether oxygens (including phenoxy) is 1. The Morgan fingerprint density at radius 3 is 2.71 bits per heavy atom. The fourth-order valence-electron chi connectivity index (χ4n) is 2.91. The molecule has 4 nitrogen and oxygen atoms in total. The molecule has 0 aliphatic carbocycles. The summed E-state index contributed by atoms with van der Waals surface area (Å²) < 4.78 is 11.3. The van der Waals surface area contributed by atoms with Gasteiger partial charge in [0.2, 0.25) is 0 Å². The Labute approximate surface area is 128 Å². The molecule has 0 N–H and O–H groups in total. The lowest BCUT2D eigenvalue weighted by atomic mass is 10.1. The predicted octanol–water partition coefficient (Wildman–Crippen LogP) is 3.06. The molecule has 21 heavy (non-hydrogen) atoms. The van der Waals surface area contributed by atoms with E-state index in [9.17, 15) is 4.79 Å². The summed E-state index contributed by atoms with van der Waals surface area (Å²) in [5.74, 6) is 0. The molecule has 5 heteroatoms. The SMILES string of the molecule is CC1CN(Cc2coc3ccc(Cl)cc3c2=O)CC(C)O1. The van der Waals surface area contributed by atoms with Gasteiger partial charge >= 0.3 is 0 Å². The zero-order valence-corrected chi connectivity index (χ0v) is 12.9. The second kappa shape index (κ2) is 5.79. The molecule has 1 fully saturated rings. The summed E-state index contributed by atoms with van der Waals surface area (Å²) in [6, 6.07) is 5.11. The highest BCUT2D eigenvalue weighted by Crippen LogP contribution is 2.18. The Bertz CT molecular complexity index is 702. The van der Waals surface area contributed by atoms with E-state index in [1.165, 1.54) is 0 Å². The molecule has 1 aromatic heterocycles. The van der Waals surface area contributed by atoms with E-state index >= 15 is 0 Å². The van der Waals surface area contributed by atoms with Gasteiger partial charge in [0.05, 0.1) is 23.9 Å². The second-order valence-corrected chi connectivity index (χ2v) is 6.12. The van der Waals surface area contributed by atoms with Crippen molar-refractivity contribution in [3.8, 4) is 0 Å². The van der Waals surface area contributed by atoms with Crippen molar-refractivity contribution in [2.24, 2.45) is 0 Å². The van der Waals surface area contributed by atoms with Crippen LogP contribution >= 0.6 is 11.6 Å². The first-order valence-corrected chi connectivity index (χ1v) is 7.48. The molecule has 0 bridgehead atoms. The third kappa shape index (κ3) is 3.12. The molecule has 112 valence electrons. The first-order chi connectivity index (χ1) is 10.0. The van der Waals surface area contributed by atoms with Gasteiger partial charge in [-0.05, 0) is 32.0 Å². The number of benzene rings is 1. The van der Waals surface area contributed by atoms with Gasteiger partial charge in [0.15, 0.2) is 5.43 Å². The van der Waals surface area contributed by atoms with Crippen molar-refractivity contribution in [1.29, 1.82) is 0 Å². The summed E-state index contributed by atoms with van der Waals surface area (Å²) >= 11 is 5.97. The van der Waals surface area contributed by atoms with Crippen LogP contribution in [0, 0.1) is 0 Å². The van der Waals surface area contributed by atoms with Crippen molar-refractivity contribution in [3.05, 3.63) is 45.3 Å². The van der Waals surface area contributed by atoms with Crippen LogP contribution in [0.15, 0.2) is 33.7 Å². The first kappa shape index (κ1) is 14.6. The van der Waals surface area contributed by atoms with Gasteiger partial charge in [-0.2, -0.15) is 0 Å². The Kier molecular flexibility index (Phi) is 4.02. The molecule has 1 aliphatic rings. The molecule has 1 aromatic carbocycles. The lowest BCUT2D eigenvalue weighted by Gasteiger charge is -2.35. The fourth-order valence-corrected chi connectivity index (χ4v) is 3.08. The van der Waals surface area contributed by atoms with Gasteiger partial charge < -0.3 is 9.15 Å². The third-order valence-electron chi connectivity index (χ3n) is 3.70. The van der Waals surface area contributed by atoms with E-state index < -0.39 is 0 Å². The van der Waals surface area contributed by atoms with Crippen LogP contribution in [-0.4, -0.2) is 30.2 Å². The summed E-state index contributed by atoms with van der Waals surface area (Å²) in [6.45, 7) is 6.30. The van der Waals surface area contributed by atoms with E-state index in [0.29, 0.717) is 28.1 Å². The van der Waals surface area contributed by atoms with E-state index in [2.05, 4.69) is 4.90 Å². The Balaban J connectivity index is 1.90. The van der Waals surface area contributed by atoms with Crippen molar-refractivity contribution in [2.75, 3.05) is 13.1 Å². The van der Waals surface area contributed by atoms with Crippen LogP contribution in [0.5, 0.6) is 0 Å². The summed E-state index contributed by atoms with van der Waals surface area (Å²) in [4.78, 5) is 14.8. The number of hydrogen-bond donors (Lipinski definition) is 0. The molecule has 0 amide bonds. The van der Waals surface area contributed by atoms with Gasteiger partial charge in [-0.25, -0.2) is 0 Å². The zero-order valence-electron chi connectivity index (χ0n) is 12.1. The molecule has 0 saturated carbocycles. The van der Waals surface area contributed by atoms with Crippen LogP contribution < -0.4 is 5.43 Å². The molecule has 2 heterocycles. The standard InChI is InChI=1S/C16H18ClNO3/c1-10-6-18(7-11(2)21-10)8-12-9-20-15-4-3-13(17)5-14(15)16(12)19/h3-5,9-11H,6-8H2,1-2H3. The van der Waals surface area contributed by atoms with Crippen molar-refractivity contribution >= 4 is 22.6 Å². The van der Waals surface area contributed by atoms with Crippen molar-refractivity contribution in [1.82, 2.24) is 4.90 Å². The maximum atomic E-state index is 12.5. The topological polar surface area (TPSA) is 42.7 Å². The van der Waals surface area contributed by atoms with E-state index in [0.717, 1.165) is 13.1 Å². The normalized spacial score (nSPS) is 23.6. The minimum atomic E-state index is -0.00875. The molecule has 0 radical (unpaired) electrons. The molecular formula is C16H18ClNO3. The third-order valence-corrected chi connectivity index (χ3v) is 3.93. The Morgan fingerprint density at radius 2 is 2.00 bits per heavy atom. The molecule has 1 saturated heterocycles. The Morgan fingerprint density at radius 1 is 1.29 bits per heavy atom. The van der Waals surface area contributed by atoms with E-state index in [1.54, 1.807) is 24.5 Å². The smallest absolute Gasteiger partial charge is 0.197 e. The van der Waals surface area contributed by atoms with Gasteiger partial charge in [0.25, 0.3) is 0 Å². The van der Waals surface area contributed by atoms with Crippen LogP contribution in [0.3, 0.4) is 0 Å². The van der Waals surface area contributed by atoms with Gasteiger partial charge in [-0.3, -0.25) is 9.69 Å². The van der Waals surface area contributed by atoms with E-state index in [4.69, 9.17) is 20.8 Å². The van der Waals surface area contributed by atoms with Gasteiger partial charge in [-0.1, -0.05) is 11.6 Å². The first-order valence-electron chi connectivity index (χ1n) is 7.10. The predicted molar refractivity (Wildman–Crippen MR) is 82.8 cm³/mol. The number of hydrogen-bond acceptors (Lipinski definition) is 4. The molecule has 2 aromatic rings. The average Bonchev–Trinajstić information content (AvgIpc) is 2.41. The summed E-state index contributed by atoms with van der Waals surface area (Å²) in [7, 11) is 0. The molecular weight excluding hydrogens is 290 g/mol. The molecule has 2 atom stereocenters. The molecule has 1 aliphatic heterocycles. The number of rotatable bonds is 2. The highest BCUT2D eigenvalue weighted by atomic mass is 35.5. The maximum Gasteiger partial charge on any atom is 0.197 e. The quantitative estimate of drug-likeness (QED) is 0.855. The van der Waals surface area contributed by atoms with Crippen LogP contribution in [0.2, 0.25) is 5.02 Å². The highest BCUT2D eigenvalue weighted by molar-refractivity contribution is 6.31. The van der Waals surface area contributed by atoms with Crippen LogP contribution in [0.25, 0.3) is 11.0 Å². The van der Waals surface area contributed by atoms with Crippen molar-refractivity contribution in [2.45, 2.75) is 32.6 Å². The molecule has 2 unspecified atom stereocenters. The summed E-state index contributed by atoms with van der Waals surface area (Å²) in [5, 5.41) is 1.08. The van der Waals surface area contributed by atoms with Gasteiger partial charge in [0.1, 0.15) is 5.58 Å². The lowest BCUT2D eigenvalue weighted by Crippen LogP contribution is -2.45. The summed E-state index contributed by atoms with van der Waals surface area (Å²) in [6.07, 6.45) is 1.91. The number of halogens is 1. The van der Waals surface area contributed by atoms with Crippen LogP contribution in [0.1, 0.15) is 19.4 Å². The minimum Gasteiger partial charge on any atom is -0.464 e. The lowest BCUT2D eigenvalue weighted by molar-refractivity contribution is -0.0706.